The summed E-state index contributed by atoms with van der Waals surface area (Å²) in [6.45, 7) is 5.65. The van der Waals surface area contributed by atoms with E-state index in [9.17, 15) is 4.79 Å². The van der Waals surface area contributed by atoms with Crippen LogP contribution >= 0.6 is 0 Å². The van der Waals surface area contributed by atoms with Crippen LogP contribution in [-0.2, 0) is 0 Å². The second kappa shape index (κ2) is 5.58. The van der Waals surface area contributed by atoms with Crippen LogP contribution in [0, 0.1) is 13.8 Å². The molecule has 1 aromatic carbocycles. The highest BCUT2D eigenvalue weighted by molar-refractivity contribution is 6.00. The number of aryl methyl sites for hydroxylation is 2. The number of carbonyl (C=O) groups excluding carboxylic acids is 1. The predicted molar refractivity (Wildman–Crippen MR) is 91.7 cm³/mol. The Bertz CT molecular complexity index is 795. The van der Waals surface area contributed by atoms with Gasteiger partial charge in [0.05, 0.1) is 12.0 Å². The maximum atomic E-state index is 12.6. The summed E-state index contributed by atoms with van der Waals surface area (Å²) in [5.41, 5.74) is 2.43. The van der Waals surface area contributed by atoms with Gasteiger partial charge in [-0.2, -0.15) is 0 Å². The number of fused-ring (bicyclic) bond motifs is 1. The van der Waals surface area contributed by atoms with E-state index in [4.69, 9.17) is 4.74 Å². The minimum atomic E-state index is -0.363. The summed E-state index contributed by atoms with van der Waals surface area (Å²) in [7, 11) is 0. The lowest BCUT2D eigenvalue weighted by molar-refractivity contribution is 0.0231. The summed E-state index contributed by atoms with van der Waals surface area (Å²) in [6.07, 6.45) is 3.73. The number of aromatic nitrogens is 2. The van der Waals surface area contributed by atoms with Crippen LogP contribution in [0.4, 0.5) is 5.82 Å². The highest BCUT2D eigenvalue weighted by Gasteiger charge is 2.43. The zero-order chi connectivity index (χ0) is 16.7. The lowest BCUT2D eigenvalue weighted by atomic mass is 9.82. The van der Waals surface area contributed by atoms with Crippen molar-refractivity contribution in [3.63, 3.8) is 0 Å². The number of carbonyl (C=O) groups is 1. The minimum absolute atomic E-state index is 0.200. The van der Waals surface area contributed by atoms with E-state index in [1.54, 1.807) is 6.33 Å². The molecule has 1 spiro atoms. The summed E-state index contributed by atoms with van der Waals surface area (Å²) in [4.78, 5) is 23.4. The average Bonchev–Trinajstić information content (AvgIpc) is 2.56. The standard InChI is InChI=1S/C19H21N3O2/c1-13-3-4-17-15(9-13)16(23)11-19(24-17)5-7-22(8-6-19)18-10-14(2)20-12-21-18/h3-4,9-10,12H,5-8,11H2,1-2H3. The third-order valence-corrected chi connectivity index (χ3v) is 5.03. The lowest BCUT2D eigenvalue weighted by Crippen LogP contribution is -2.51. The number of Topliss-reactive ketones (excluding diaryl/α,β-unsaturated/α-hetero) is 1. The molecule has 24 heavy (non-hydrogen) atoms. The first kappa shape index (κ1) is 15.1. The first-order chi connectivity index (χ1) is 11.5. The first-order valence-corrected chi connectivity index (χ1v) is 8.41. The number of nitrogens with zero attached hydrogens (tertiary/aromatic N) is 3. The summed E-state index contributed by atoms with van der Waals surface area (Å²) in [5, 5.41) is 0. The van der Waals surface area contributed by atoms with Crippen molar-refractivity contribution < 1.29 is 9.53 Å². The van der Waals surface area contributed by atoms with Crippen molar-refractivity contribution in [2.45, 2.75) is 38.7 Å². The number of benzene rings is 1. The molecule has 2 aliphatic rings. The van der Waals surface area contributed by atoms with Crippen LogP contribution in [0.3, 0.4) is 0 Å². The number of rotatable bonds is 1. The third-order valence-electron chi connectivity index (χ3n) is 5.03. The Hall–Kier alpha value is -2.43. The van der Waals surface area contributed by atoms with Crippen molar-refractivity contribution in [2.24, 2.45) is 0 Å². The largest absolute Gasteiger partial charge is 0.486 e. The van der Waals surface area contributed by atoms with Crippen LogP contribution in [0.15, 0.2) is 30.6 Å². The minimum Gasteiger partial charge on any atom is -0.486 e. The van der Waals surface area contributed by atoms with Gasteiger partial charge in [-0.05, 0) is 26.0 Å². The number of hydrogen-bond acceptors (Lipinski definition) is 5. The molecule has 0 aliphatic carbocycles. The normalized spacial score (nSPS) is 19.1. The summed E-state index contributed by atoms with van der Waals surface area (Å²) in [5.74, 6) is 1.89. The number of anilines is 1. The molecule has 124 valence electrons. The van der Waals surface area contributed by atoms with E-state index in [1.165, 1.54) is 0 Å². The maximum Gasteiger partial charge on any atom is 0.170 e. The van der Waals surface area contributed by atoms with Crippen LogP contribution in [0.5, 0.6) is 5.75 Å². The molecule has 4 rings (SSSR count). The van der Waals surface area contributed by atoms with Crippen LogP contribution < -0.4 is 9.64 Å². The SMILES string of the molecule is Cc1ccc2c(c1)C(=O)CC1(CCN(c3cc(C)ncn3)CC1)O2. The number of ether oxygens (including phenoxy) is 1. The fourth-order valence-electron chi connectivity index (χ4n) is 3.64. The van der Waals surface area contributed by atoms with Crippen molar-refractivity contribution in [1.82, 2.24) is 9.97 Å². The molecule has 0 N–H and O–H groups in total. The van der Waals surface area contributed by atoms with Crippen molar-refractivity contribution in [3.8, 4) is 5.75 Å². The molecular weight excluding hydrogens is 302 g/mol. The summed E-state index contributed by atoms with van der Waals surface area (Å²) >= 11 is 0. The van der Waals surface area contributed by atoms with E-state index in [0.29, 0.717) is 6.42 Å². The quantitative estimate of drug-likeness (QED) is 0.807. The lowest BCUT2D eigenvalue weighted by Gasteiger charge is -2.44. The molecule has 0 bridgehead atoms. The predicted octanol–water partition coefficient (Wildman–Crippen LogP) is 3.10. The van der Waals surface area contributed by atoms with E-state index >= 15 is 0 Å². The van der Waals surface area contributed by atoms with E-state index in [0.717, 1.165) is 54.3 Å². The molecule has 0 saturated carbocycles. The summed E-state index contributed by atoms with van der Waals surface area (Å²) in [6, 6.07) is 7.87. The molecule has 1 saturated heterocycles. The number of hydrogen-bond donors (Lipinski definition) is 0. The molecule has 1 aromatic heterocycles. The molecule has 2 aliphatic heterocycles. The topological polar surface area (TPSA) is 55.3 Å². The van der Waals surface area contributed by atoms with Gasteiger partial charge in [0.2, 0.25) is 0 Å². The van der Waals surface area contributed by atoms with Gasteiger partial charge in [0.25, 0.3) is 0 Å². The number of ketones is 1. The van der Waals surface area contributed by atoms with Gasteiger partial charge in [-0.3, -0.25) is 4.79 Å². The second-order valence-corrected chi connectivity index (χ2v) is 6.89. The molecule has 0 radical (unpaired) electrons. The smallest absolute Gasteiger partial charge is 0.170 e. The van der Waals surface area contributed by atoms with Gasteiger partial charge in [0.15, 0.2) is 5.78 Å². The van der Waals surface area contributed by atoms with Crippen molar-refractivity contribution in [1.29, 1.82) is 0 Å². The Kier molecular flexibility index (Phi) is 3.52. The molecule has 0 atom stereocenters. The van der Waals surface area contributed by atoms with Crippen molar-refractivity contribution in [2.75, 3.05) is 18.0 Å². The Morgan fingerprint density at radius 2 is 1.92 bits per heavy atom. The summed E-state index contributed by atoms with van der Waals surface area (Å²) < 4.78 is 6.31. The van der Waals surface area contributed by atoms with E-state index < -0.39 is 0 Å². The Morgan fingerprint density at radius 1 is 1.12 bits per heavy atom. The fraction of sp³-hybridized carbons (Fsp3) is 0.421. The van der Waals surface area contributed by atoms with Crippen molar-refractivity contribution in [3.05, 3.63) is 47.4 Å². The molecule has 3 heterocycles. The molecule has 0 unspecified atom stereocenters. The van der Waals surface area contributed by atoms with Gasteiger partial charge in [0, 0.05) is 37.7 Å². The Morgan fingerprint density at radius 3 is 2.67 bits per heavy atom. The van der Waals surface area contributed by atoms with Crippen LogP contribution in [0.2, 0.25) is 0 Å². The second-order valence-electron chi connectivity index (χ2n) is 6.89. The molecular formula is C19H21N3O2. The van der Waals surface area contributed by atoms with Gasteiger partial charge >= 0.3 is 0 Å². The Labute approximate surface area is 141 Å². The van der Waals surface area contributed by atoms with Crippen molar-refractivity contribution >= 4 is 11.6 Å². The molecule has 2 aromatic rings. The maximum absolute atomic E-state index is 12.6. The van der Waals surface area contributed by atoms with Gasteiger partial charge in [-0.1, -0.05) is 11.6 Å². The Balaban J connectivity index is 1.53. The van der Waals surface area contributed by atoms with Gasteiger partial charge < -0.3 is 9.64 Å². The van der Waals surface area contributed by atoms with E-state index in [1.807, 2.05) is 38.1 Å². The van der Waals surface area contributed by atoms with Crippen LogP contribution in [-0.4, -0.2) is 34.4 Å². The zero-order valence-corrected chi connectivity index (χ0v) is 14.1. The highest BCUT2D eigenvalue weighted by Crippen LogP contribution is 2.40. The molecule has 5 nitrogen and oxygen atoms in total. The van der Waals surface area contributed by atoms with E-state index in [2.05, 4.69) is 14.9 Å². The molecule has 0 amide bonds. The molecule has 1 fully saturated rings. The zero-order valence-electron chi connectivity index (χ0n) is 14.1. The van der Waals surface area contributed by atoms with Crippen LogP contribution in [0.1, 0.15) is 40.9 Å². The van der Waals surface area contributed by atoms with Crippen LogP contribution in [0.25, 0.3) is 0 Å². The van der Waals surface area contributed by atoms with Gasteiger partial charge in [-0.15, -0.1) is 0 Å². The highest BCUT2D eigenvalue weighted by atomic mass is 16.5. The third kappa shape index (κ3) is 2.64. The first-order valence-electron chi connectivity index (χ1n) is 8.41. The number of piperidine rings is 1. The van der Waals surface area contributed by atoms with Gasteiger partial charge in [0.1, 0.15) is 23.5 Å². The van der Waals surface area contributed by atoms with E-state index in [-0.39, 0.29) is 11.4 Å². The molecule has 5 heteroatoms. The van der Waals surface area contributed by atoms with Gasteiger partial charge in [-0.25, -0.2) is 9.97 Å². The fourth-order valence-corrected chi connectivity index (χ4v) is 3.64. The average molecular weight is 323 g/mol. The monoisotopic (exact) mass is 323 g/mol.